The van der Waals surface area contributed by atoms with Gasteiger partial charge in [0.15, 0.2) is 0 Å². The number of aliphatic hydroxyl groups excluding tert-OH is 1. The van der Waals surface area contributed by atoms with Crippen LogP contribution in [0.5, 0.6) is 0 Å². The first-order valence-electron chi connectivity index (χ1n) is 5.05. The van der Waals surface area contributed by atoms with Crippen LogP contribution in [0.1, 0.15) is 6.92 Å². The quantitative estimate of drug-likeness (QED) is 0.419. The van der Waals surface area contributed by atoms with Crippen molar-refractivity contribution < 1.29 is 9.90 Å². The van der Waals surface area contributed by atoms with E-state index in [-0.39, 0.29) is 11.3 Å². The number of hydrogen-bond donors (Lipinski definition) is 2. The highest BCUT2D eigenvalue weighted by Crippen LogP contribution is 2.05. The van der Waals surface area contributed by atoms with E-state index in [9.17, 15) is 9.90 Å². The molecule has 0 unspecified atom stereocenters. The van der Waals surface area contributed by atoms with Gasteiger partial charge >= 0.3 is 0 Å². The molecule has 0 bridgehead atoms. The molecular formula is C14H17NO2. The van der Waals surface area contributed by atoms with Crippen LogP contribution < -0.4 is 5.32 Å². The third kappa shape index (κ3) is 4.84. The molecule has 0 aromatic heterocycles. The largest absolute Gasteiger partial charge is 0.507 e. The number of aliphatic hydroxyl groups is 1. The molecule has 0 atom stereocenters. The summed E-state index contributed by atoms with van der Waals surface area (Å²) in [4.78, 5) is 11.8. The van der Waals surface area contributed by atoms with Crippen molar-refractivity contribution in [2.45, 2.75) is 6.92 Å². The number of allylic oxidation sites excluding steroid dienone is 5. The highest BCUT2D eigenvalue weighted by atomic mass is 16.3. The van der Waals surface area contributed by atoms with Crippen molar-refractivity contribution >= 4 is 5.91 Å². The van der Waals surface area contributed by atoms with Crippen LogP contribution in [-0.4, -0.2) is 11.0 Å². The predicted octanol–water partition coefficient (Wildman–Crippen LogP) is 2.93. The van der Waals surface area contributed by atoms with Crippen molar-refractivity contribution in [1.29, 1.82) is 0 Å². The van der Waals surface area contributed by atoms with Gasteiger partial charge in [-0.15, -0.1) is 0 Å². The lowest BCUT2D eigenvalue weighted by molar-refractivity contribution is -0.116. The molecule has 0 aliphatic heterocycles. The lowest BCUT2D eigenvalue weighted by Gasteiger charge is -2.07. The summed E-state index contributed by atoms with van der Waals surface area (Å²) in [7, 11) is 0. The molecule has 0 rings (SSSR count). The number of nitrogens with one attached hydrogen (secondary N) is 1. The fraction of sp³-hybridized carbons (Fsp3) is 0.0714. The van der Waals surface area contributed by atoms with Gasteiger partial charge in [0, 0.05) is 5.70 Å². The zero-order chi connectivity index (χ0) is 13.3. The van der Waals surface area contributed by atoms with Gasteiger partial charge < -0.3 is 10.4 Å². The fourth-order valence-electron chi connectivity index (χ4n) is 1.07. The topological polar surface area (TPSA) is 49.3 Å². The number of amides is 1. The van der Waals surface area contributed by atoms with Gasteiger partial charge in [0.25, 0.3) is 5.91 Å². The van der Waals surface area contributed by atoms with Crippen LogP contribution in [0, 0.1) is 0 Å². The second-order valence-electron chi connectivity index (χ2n) is 3.02. The molecule has 2 N–H and O–H groups in total. The van der Waals surface area contributed by atoms with Crippen LogP contribution in [0.2, 0.25) is 0 Å². The number of carbonyl (C=O) groups is 1. The normalized spacial score (nSPS) is 12.9. The van der Waals surface area contributed by atoms with E-state index in [0.29, 0.717) is 5.70 Å². The third-order valence-corrected chi connectivity index (χ3v) is 1.82. The van der Waals surface area contributed by atoms with E-state index in [2.05, 4.69) is 25.1 Å². The van der Waals surface area contributed by atoms with Crippen LogP contribution in [-0.2, 0) is 4.79 Å². The van der Waals surface area contributed by atoms with Crippen molar-refractivity contribution in [2.75, 3.05) is 0 Å². The molecule has 0 heterocycles. The molecule has 0 radical (unpaired) electrons. The minimum atomic E-state index is -0.455. The van der Waals surface area contributed by atoms with Crippen molar-refractivity contribution in [1.82, 2.24) is 5.32 Å². The zero-order valence-electron chi connectivity index (χ0n) is 9.94. The van der Waals surface area contributed by atoms with Crippen LogP contribution in [0.3, 0.4) is 0 Å². The van der Waals surface area contributed by atoms with E-state index in [1.54, 1.807) is 24.3 Å². The summed E-state index contributed by atoms with van der Waals surface area (Å²) in [6.07, 6.45) is 9.14. The summed E-state index contributed by atoms with van der Waals surface area (Å²) in [6.45, 7) is 12.2. The minimum absolute atomic E-state index is 0.0689. The van der Waals surface area contributed by atoms with Gasteiger partial charge in [-0.3, -0.25) is 4.79 Å². The Kier molecular flexibility index (Phi) is 6.86. The van der Waals surface area contributed by atoms with Gasteiger partial charge in [-0.2, -0.15) is 0 Å². The Bertz CT molecular complexity index is 412. The molecule has 0 fully saturated rings. The van der Waals surface area contributed by atoms with Crippen molar-refractivity contribution in [3.8, 4) is 0 Å². The molecule has 0 spiro atoms. The molecule has 3 heteroatoms. The molecule has 0 saturated carbocycles. The second kappa shape index (κ2) is 7.93. The summed E-state index contributed by atoms with van der Waals surface area (Å²) in [5.41, 5.74) is 0.642. The standard InChI is InChI=1S/C14H17NO2/c1-5-9-11(10-6-2)15-14(17)12(7-3)13(16)8-4/h5-10,16H,1,3-4H2,2H3,(H,15,17)/b10-6-,11-9+,13-12-. The Morgan fingerprint density at radius 3 is 2.29 bits per heavy atom. The first-order valence-corrected chi connectivity index (χ1v) is 5.05. The lowest BCUT2D eigenvalue weighted by atomic mass is 10.2. The molecule has 90 valence electrons. The summed E-state index contributed by atoms with van der Waals surface area (Å²) in [6, 6.07) is 0. The Hall–Kier alpha value is -2.29. The second-order valence-corrected chi connectivity index (χ2v) is 3.02. The molecule has 0 aromatic carbocycles. The lowest BCUT2D eigenvalue weighted by Crippen LogP contribution is -2.23. The van der Waals surface area contributed by atoms with Crippen LogP contribution >= 0.6 is 0 Å². The predicted molar refractivity (Wildman–Crippen MR) is 71.3 cm³/mol. The third-order valence-electron chi connectivity index (χ3n) is 1.82. The molecule has 0 aromatic rings. The Balaban J connectivity index is 5.07. The number of hydrogen-bond acceptors (Lipinski definition) is 2. The van der Waals surface area contributed by atoms with E-state index in [1.165, 1.54) is 12.2 Å². The SMILES string of the molecule is C=C/C=C(\C=C/C)NC(=O)/C(C=C)=C(\O)C=C. The fourth-order valence-corrected chi connectivity index (χ4v) is 1.07. The first kappa shape index (κ1) is 14.7. The van der Waals surface area contributed by atoms with Gasteiger partial charge in [-0.1, -0.05) is 38.0 Å². The smallest absolute Gasteiger partial charge is 0.259 e. The average molecular weight is 231 g/mol. The maximum atomic E-state index is 11.8. The maximum absolute atomic E-state index is 11.8. The van der Waals surface area contributed by atoms with Crippen molar-refractivity contribution in [3.05, 3.63) is 73.2 Å². The maximum Gasteiger partial charge on any atom is 0.259 e. The summed E-state index contributed by atoms with van der Waals surface area (Å²) >= 11 is 0. The molecule has 3 nitrogen and oxygen atoms in total. The molecular weight excluding hydrogens is 214 g/mol. The van der Waals surface area contributed by atoms with Crippen LogP contribution in [0.4, 0.5) is 0 Å². The van der Waals surface area contributed by atoms with E-state index in [0.717, 1.165) is 0 Å². The van der Waals surface area contributed by atoms with Gasteiger partial charge in [0.1, 0.15) is 5.76 Å². The zero-order valence-corrected chi connectivity index (χ0v) is 9.94. The highest BCUT2D eigenvalue weighted by Gasteiger charge is 2.10. The van der Waals surface area contributed by atoms with Gasteiger partial charge in [-0.05, 0) is 25.2 Å². The minimum Gasteiger partial charge on any atom is -0.507 e. The molecule has 0 aliphatic rings. The molecule has 1 amide bonds. The van der Waals surface area contributed by atoms with Crippen LogP contribution in [0.15, 0.2) is 73.2 Å². The van der Waals surface area contributed by atoms with Gasteiger partial charge in [0.05, 0.1) is 5.57 Å². The molecule has 0 aliphatic carbocycles. The monoisotopic (exact) mass is 231 g/mol. The number of carbonyl (C=O) groups excluding carboxylic acids is 1. The van der Waals surface area contributed by atoms with E-state index in [1.807, 2.05) is 6.92 Å². The molecule has 0 saturated heterocycles. The van der Waals surface area contributed by atoms with Crippen molar-refractivity contribution in [3.63, 3.8) is 0 Å². The van der Waals surface area contributed by atoms with Gasteiger partial charge in [0.2, 0.25) is 0 Å². The van der Waals surface area contributed by atoms with Crippen LogP contribution in [0.25, 0.3) is 0 Å². The van der Waals surface area contributed by atoms with E-state index < -0.39 is 5.91 Å². The molecule has 17 heavy (non-hydrogen) atoms. The summed E-state index contributed by atoms with van der Waals surface area (Å²) in [5.74, 6) is -0.667. The number of rotatable bonds is 6. The average Bonchev–Trinajstić information content (AvgIpc) is 2.30. The Morgan fingerprint density at radius 2 is 1.88 bits per heavy atom. The summed E-state index contributed by atoms with van der Waals surface area (Å²) < 4.78 is 0. The Labute approximate surface area is 102 Å². The van der Waals surface area contributed by atoms with Gasteiger partial charge in [-0.25, -0.2) is 0 Å². The summed E-state index contributed by atoms with van der Waals surface area (Å²) in [5, 5.41) is 12.0. The van der Waals surface area contributed by atoms with E-state index in [4.69, 9.17) is 0 Å². The Morgan fingerprint density at radius 1 is 1.24 bits per heavy atom. The highest BCUT2D eigenvalue weighted by molar-refractivity contribution is 5.98. The first-order chi connectivity index (χ1) is 8.10. The van der Waals surface area contributed by atoms with Crippen molar-refractivity contribution in [2.24, 2.45) is 0 Å². The van der Waals surface area contributed by atoms with E-state index >= 15 is 0 Å².